The number of aryl methyl sites for hydroxylation is 1. The second kappa shape index (κ2) is 7.63. The maximum atomic E-state index is 15.1. The summed E-state index contributed by atoms with van der Waals surface area (Å²) in [5, 5.41) is 0.602. The quantitative estimate of drug-likeness (QED) is 0.420. The minimum Gasteiger partial charge on any atom is -0.368 e. The number of nitrogens with two attached hydrogens (primary N) is 1. The van der Waals surface area contributed by atoms with Gasteiger partial charge in [0.15, 0.2) is 5.82 Å². The van der Waals surface area contributed by atoms with Crippen molar-refractivity contribution >= 4 is 34.5 Å². The van der Waals surface area contributed by atoms with E-state index in [0.29, 0.717) is 26.9 Å². The molecule has 29 heavy (non-hydrogen) atoms. The first kappa shape index (κ1) is 19.1. The molecule has 4 aromatic rings. The van der Waals surface area contributed by atoms with E-state index in [1.54, 1.807) is 43.3 Å². The lowest BCUT2D eigenvalue weighted by Crippen LogP contribution is -1.98. The molecule has 3 N–H and O–H groups in total. The molecule has 0 unspecified atom stereocenters. The maximum absolute atomic E-state index is 15.1. The molecule has 0 aliphatic rings. The number of aromatic nitrogens is 2. The molecule has 0 aliphatic heterocycles. The van der Waals surface area contributed by atoms with Crippen molar-refractivity contribution in [1.82, 2.24) is 9.97 Å². The van der Waals surface area contributed by atoms with Crippen molar-refractivity contribution in [2.24, 2.45) is 0 Å². The molecule has 0 spiro atoms. The van der Waals surface area contributed by atoms with Crippen molar-refractivity contribution in [2.75, 3.05) is 10.5 Å². The number of rotatable bonds is 4. The number of fused-ring (bicyclic) bond motifs is 1. The zero-order chi connectivity index (χ0) is 20.5. The van der Waals surface area contributed by atoms with Crippen LogP contribution in [0.25, 0.3) is 22.0 Å². The Morgan fingerprint density at radius 3 is 2.66 bits per heavy atom. The molecule has 0 fully saturated rings. The van der Waals surface area contributed by atoms with E-state index < -0.39 is 11.6 Å². The molecule has 0 bridgehead atoms. The van der Waals surface area contributed by atoms with Gasteiger partial charge in [-0.15, -0.1) is 0 Å². The highest BCUT2D eigenvalue weighted by Gasteiger charge is 2.17. The Labute approximate surface area is 169 Å². The highest BCUT2D eigenvalue weighted by Crippen LogP contribution is 2.34. The largest absolute Gasteiger partial charge is 0.368 e. The van der Waals surface area contributed by atoms with Gasteiger partial charge in [0.05, 0.1) is 21.7 Å². The smallest absolute Gasteiger partial charge is 0.220 e. The fraction of sp³-hybridized carbons (Fsp3) is 0.0476. The van der Waals surface area contributed by atoms with Gasteiger partial charge in [-0.2, -0.15) is 0 Å². The van der Waals surface area contributed by atoms with Crippen LogP contribution in [0.5, 0.6) is 0 Å². The predicted molar refractivity (Wildman–Crippen MR) is 110 cm³/mol. The molecule has 1 aromatic heterocycles. The Morgan fingerprint density at radius 1 is 1.00 bits per heavy atom. The number of nitrogen functional groups attached to an aromatic ring is 1. The van der Waals surface area contributed by atoms with E-state index in [0.717, 1.165) is 18.0 Å². The minimum absolute atomic E-state index is 0.0426. The van der Waals surface area contributed by atoms with Gasteiger partial charge in [0, 0.05) is 11.6 Å². The van der Waals surface area contributed by atoms with Gasteiger partial charge in [-0.1, -0.05) is 18.2 Å². The summed E-state index contributed by atoms with van der Waals surface area (Å²) in [6.07, 6.45) is 1.50. The summed E-state index contributed by atoms with van der Waals surface area (Å²) in [4.78, 5) is 8.31. The van der Waals surface area contributed by atoms with Crippen LogP contribution in [-0.2, 0) is 0 Å². The summed E-state index contributed by atoms with van der Waals surface area (Å²) in [6.45, 7) is 1.65. The van der Waals surface area contributed by atoms with E-state index in [4.69, 9.17) is 5.73 Å². The second-order valence-electron chi connectivity index (χ2n) is 6.38. The summed E-state index contributed by atoms with van der Waals surface area (Å²) in [5.41, 5.74) is 6.79. The van der Waals surface area contributed by atoms with Gasteiger partial charge in [0.2, 0.25) is 5.95 Å². The summed E-state index contributed by atoms with van der Waals surface area (Å²) in [5.74, 6) is -1.76. The van der Waals surface area contributed by atoms with Gasteiger partial charge in [-0.3, -0.25) is 0 Å². The van der Waals surface area contributed by atoms with Crippen molar-refractivity contribution in [2.45, 2.75) is 11.8 Å². The SMILES string of the molecule is Cc1cccc(SNc2ccc(F)c(-c3ccc4nc(N)ncc4c3)c2F)c1F. The van der Waals surface area contributed by atoms with Crippen molar-refractivity contribution in [3.63, 3.8) is 0 Å². The zero-order valence-electron chi connectivity index (χ0n) is 15.2. The standard InChI is InChI=1S/C21H15F3N4S/c1-11-3-2-4-17(19(11)23)29-28-16-8-6-14(22)18(20(16)24)12-5-7-15-13(9-12)10-26-21(25)27-15/h2-10,28H,1H3,(H2,25,26,27). The van der Waals surface area contributed by atoms with E-state index in [2.05, 4.69) is 14.7 Å². The molecular formula is C21H15F3N4S. The maximum Gasteiger partial charge on any atom is 0.220 e. The number of nitrogens with zero attached hydrogens (tertiary/aromatic N) is 2. The first-order valence-corrected chi connectivity index (χ1v) is 9.44. The van der Waals surface area contributed by atoms with E-state index in [-0.39, 0.29) is 23.0 Å². The lowest BCUT2D eigenvalue weighted by molar-refractivity contribution is 0.591. The van der Waals surface area contributed by atoms with Crippen molar-refractivity contribution in [3.8, 4) is 11.1 Å². The molecular weight excluding hydrogens is 397 g/mol. The normalized spacial score (nSPS) is 11.0. The van der Waals surface area contributed by atoms with Crippen LogP contribution in [0.3, 0.4) is 0 Å². The Balaban J connectivity index is 1.70. The third-order valence-corrected chi connectivity index (χ3v) is 5.26. The highest BCUT2D eigenvalue weighted by atomic mass is 32.2. The monoisotopic (exact) mass is 412 g/mol. The first-order valence-electron chi connectivity index (χ1n) is 8.62. The summed E-state index contributed by atoms with van der Waals surface area (Å²) >= 11 is 0.921. The van der Waals surface area contributed by atoms with Crippen LogP contribution in [0.1, 0.15) is 5.56 Å². The van der Waals surface area contributed by atoms with E-state index >= 15 is 4.39 Å². The molecule has 0 aliphatic carbocycles. The topological polar surface area (TPSA) is 63.8 Å². The van der Waals surface area contributed by atoms with Gasteiger partial charge in [0.1, 0.15) is 11.6 Å². The van der Waals surface area contributed by atoms with E-state index in [9.17, 15) is 8.78 Å². The summed E-state index contributed by atoms with van der Waals surface area (Å²) in [6, 6.07) is 12.2. The van der Waals surface area contributed by atoms with Gasteiger partial charge in [-0.05, 0) is 60.3 Å². The number of benzene rings is 3. The molecule has 3 aromatic carbocycles. The molecule has 0 saturated heterocycles. The predicted octanol–water partition coefficient (Wildman–Crippen LogP) is 5.72. The Kier molecular flexibility index (Phi) is 5.02. The molecule has 146 valence electrons. The lowest BCUT2D eigenvalue weighted by atomic mass is 10.0. The molecule has 0 atom stereocenters. The number of halogens is 3. The van der Waals surface area contributed by atoms with Gasteiger partial charge in [-0.25, -0.2) is 23.1 Å². The number of hydrogen-bond acceptors (Lipinski definition) is 5. The molecule has 0 amide bonds. The Bertz CT molecular complexity index is 1230. The second-order valence-corrected chi connectivity index (χ2v) is 7.22. The summed E-state index contributed by atoms with van der Waals surface area (Å²) in [7, 11) is 0. The number of hydrogen-bond donors (Lipinski definition) is 2. The lowest BCUT2D eigenvalue weighted by Gasteiger charge is -2.12. The van der Waals surface area contributed by atoms with Gasteiger partial charge in [0.25, 0.3) is 0 Å². The van der Waals surface area contributed by atoms with Crippen molar-refractivity contribution in [3.05, 3.63) is 77.7 Å². The fourth-order valence-electron chi connectivity index (χ4n) is 2.91. The van der Waals surface area contributed by atoms with Crippen LogP contribution in [0.4, 0.5) is 24.8 Å². The molecule has 1 heterocycles. The van der Waals surface area contributed by atoms with E-state index in [1.165, 1.54) is 12.3 Å². The van der Waals surface area contributed by atoms with Crippen LogP contribution in [0, 0.1) is 24.4 Å². The first-order chi connectivity index (χ1) is 13.9. The third-order valence-electron chi connectivity index (χ3n) is 4.41. The Morgan fingerprint density at radius 2 is 1.83 bits per heavy atom. The minimum atomic E-state index is -0.777. The number of anilines is 2. The van der Waals surface area contributed by atoms with E-state index in [1.807, 2.05) is 0 Å². The van der Waals surface area contributed by atoms with Crippen LogP contribution in [0.15, 0.2) is 59.6 Å². The van der Waals surface area contributed by atoms with Crippen LogP contribution in [0.2, 0.25) is 0 Å². The molecule has 4 nitrogen and oxygen atoms in total. The van der Waals surface area contributed by atoms with Crippen LogP contribution >= 0.6 is 11.9 Å². The molecule has 0 saturated carbocycles. The fourth-order valence-corrected chi connectivity index (χ4v) is 3.68. The van der Waals surface area contributed by atoms with Gasteiger partial charge >= 0.3 is 0 Å². The average Bonchev–Trinajstić information content (AvgIpc) is 2.70. The van der Waals surface area contributed by atoms with Crippen LogP contribution in [-0.4, -0.2) is 9.97 Å². The highest BCUT2D eigenvalue weighted by molar-refractivity contribution is 8.00. The van der Waals surface area contributed by atoms with Gasteiger partial charge < -0.3 is 10.5 Å². The summed E-state index contributed by atoms with van der Waals surface area (Å²) < 4.78 is 46.5. The van der Waals surface area contributed by atoms with Crippen molar-refractivity contribution in [1.29, 1.82) is 0 Å². The molecule has 0 radical (unpaired) electrons. The average molecular weight is 412 g/mol. The molecule has 4 rings (SSSR count). The Hall–Kier alpha value is -3.26. The molecule has 8 heteroatoms. The zero-order valence-corrected chi connectivity index (χ0v) is 16.0. The van der Waals surface area contributed by atoms with Crippen molar-refractivity contribution < 1.29 is 13.2 Å². The number of nitrogens with one attached hydrogen (secondary N) is 1. The third kappa shape index (κ3) is 3.71. The van der Waals surface area contributed by atoms with Crippen LogP contribution < -0.4 is 10.5 Å².